The first-order valence-electron chi connectivity index (χ1n) is 7.72. The predicted octanol–water partition coefficient (Wildman–Crippen LogP) is 3.46. The molecule has 6 nitrogen and oxygen atoms in total. The Morgan fingerprint density at radius 3 is 2.54 bits per heavy atom. The Bertz CT molecular complexity index is 764. The van der Waals surface area contributed by atoms with E-state index in [9.17, 15) is 13.6 Å². The van der Waals surface area contributed by atoms with Crippen LogP contribution in [0.3, 0.4) is 0 Å². The number of halogens is 2. The van der Waals surface area contributed by atoms with Gasteiger partial charge in [-0.2, -0.15) is 13.9 Å². The molecular weight excluding hydrogens is 346 g/mol. The normalized spacial score (nSPS) is 10.8. The Kier molecular flexibility index (Phi) is 6.90. The van der Waals surface area contributed by atoms with Crippen molar-refractivity contribution in [3.05, 3.63) is 53.6 Å². The van der Waals surface area contributed by atoms with E-state index in [-0.39, 0.29) is 11.5 Å². The van der Waals surface area contributed by atoms with E-state index in [4.69, 9.17) is 9.47 Å². The SMILES string of the molecule is CCOc1ccc(C(=O)N/N=C\c2ccc(OC(F)F)c(OC)c2)cc1. The number of hydrogen-bond donors (Lipinski definition) is 1. The number of methoxy groups -OCH3 is 1. The van der Waals surface area contributed by atoms with Crippen molar-refractivity contribution in [2.24, 2.45) is 5.10 Å². The van der Waals surface area contributed by atoms with E-state index in [0.717, 1.165) is 0 Å². The number of nitrogens with zero attached hydrogens (tertiary/aromatic N) is 1. The van der Waals surface area contributed by atoms with Crippen molar-refractivity contribution in [2.75, 3.05) is 13.7 Å². The molecule has 0 radical (unpaired) electrons. The van der Waals surface area contributed by atoms with Crippen molar-refractivity contribution in [1.29, 1.82) is 0 Å². The van der Waals surface area contributed by atoms with Crippen LogP contribution in [-0.2, 0) is 0 Å². The molecule has 2 rings (SSSR count). The van der Waals surface area contributed by atoms with Crippen molar-refractivity contribution in [3.8, 4) is 17.2 Å². The van der Waals surface area contributed by atoms with E-state index in [0.29, 0.717) is 23.5 Å². The summed E-state index contributed by atoms with van der Waals surface area (Å²) in [6.07, 6.45) is 1.36. The van der Waals surface area contributed by atoms with E-state index in [2.05, 4.69) is 15.3 Å². The maximum Gasteiger partial charge on any atom is 0.387 e. The van der Waals surface area contributed by atoms with Gasteiger partial charge in [-0.3, -0.25) is 4.79 Å². The van der Waals surface area contributed by atoms with Crippen LogP contribution < -0.4 is 19.6 Å². The summed E-state index contributed by atoms with van der Waals surface area (Å²) >= 11 is 0. The van der Waals surface area contributed by atoms with Gasteiger partial charge in [-0.05, 0) is 55.0 Å². The molecule has 8 heteroatoms. The number of amides is 1. The van der Waals surface area contributed by atoms with E-state index >= 15 is 0 Å². The molecule has 0 heterocycles. The van der Waals surface area contributed by atoms with Crippen molar-refractivity contribution in [1.82, 2.24) is 5.43 Å². The second-order valence-corrected chi connectivity index (χ2v) is 4.95. The second kappa shape index (κ2) is 9.36. The van der Waals surface area contributed by atoms with Gasteiger partial charge in [-0.25, -0.2) is 5.43 Å². The van der Waals surface area contributed by atoms with E-state index in [1.54, 1.807) is 24.3 Å². The van der Waals surface area contributed by atoms with Gasteiger partial charge in [0.05, 0.1) is 19.9 Å². The van der Waals surface area contributed by atoms with Gasteiger partial charge in [0.15, 0.2) is 11.5 Å². The van der Waals surface area contributed by atoms with Crippen LogP contribution in [0.2, 0.25) is 0 Å². The van der Waals surface area contributed by atoms with Gasteiger partial charge in [-0.1, -0.05) is 0 Å². The van der Waals surface area contributed by atoms with Crippen molar-refractivity contribution in [2.45, 2.75) is 13.5 Å². The van der Waals surface area contributed by atoms with Crippen LogP contribution in [0.15, 0.2) is 47.6 Å². The molecule has 0 fully saturated rings. The van der Waals surface area contributed by atoms with Crippen LogP contribution in [0.25, 0.3) is 0 Å². The summed E-state index contributed by atoms with van der Waals surface area (Å²) in [7, 11) is 1.34. The van der Waals surface area contributed by atoms with Gasteiger partial charge in [0.25, 0.3) is 5.91 Å². The fourth-order valence-corrected chi connectivity index (χ4v) is 2.06. The molecule has 0 aliphatic heterocycles. The summed E-state index contributed by atoms with van der Waals surface area (Å²) in [4.78, 5) is 12.0. The van der Waals surface area contributed by atoms with E-state index in [1.807, 2.05) is 6.92 Å². The minimum Gasteiger partial charge on any atom is -0.494 e. The molecule has 1 N–H and O–H groups in total. The monoisotopic (exact) mass is 364 g/mol. The third-order valence-electron chi connectivity index (χ3n) is 3.21. The largest absolute Gasteiger partial charge is 0.494 e. The molecule has 138 valence electrons. The number of carbonyl (C=O) groups excluding carboxylic acids is 1. The fourth-order valence-electron chi connectivity index (χ4n) is 2.06. The lowest BCUT2D eigenvalue weighted by Gasteiger charge is -2.10. The van der Waals surface area contributed by atoms with Gasteiger partial charge >= 0.3 is 6.61 Å². The third-order valence-corrected chi connectivity index (χ3v) is 3.21. The molecule has 0 aliphatic carbocycles. The summed E-state index contributed by atoms with van der Waals surface area (Å²) in [6.45, 7) is -0.534. The number of hydrogen-bond acceptors (Lipinski definition) is 5. The Morgan fingerprint density at radius 1 is 1.19 bits per heavy atom. The molecular formula is C18H18F2N2O4. The number of hydrazone groups is 1. The topological polar surface area (TPSA) is 69.2 Å². The first-order valence-corrected chi connectivity index (χ1v) is 7.72. The lowest BCUT2D eigenvalue weighted by Crippen LogP contribution is -2.17. The van der Waals surface area contributed by atoms with Gasteiger partial charge in [-0.15, -0.1) is 0 Å². The van der Waals surface area contributed by atoms with Gasteiger partial charge in [0.1, 0.15) is 5.75 Å². The fraction of sp³-hybridized carbons (Fsp3) is 0.222. The summed E-state index contributed by atoms with van der Waals surface area (Å²) < 4.78 is 39.2. The third kappa shape index (κ3) is 5.44. The zero-order valence-electron chi connectivity index (χ0n) is 14.2. The highest BCUT2D eigenvalue weighted by Crippen LogP contribution is 2.28. The molecule has 2 aromatic rings. The Labute approximate surface area is 149 Å². The molecule has 0 saturated carbocycles. The van der Waals surface area contributed by atoms with Crippen LogP contribution >= 0.6 is 0 Å². The number of rotatable bonds is 8. The first-order chi connectivity index (χ1) is 12.5. The van der Waals surface area contributed by atoms with Gasteiger partial charge < -0.3 is 14.2 Å². The highest BCUT2D eigenvalue weighted by molar-refractivity contribution is 5.95. The molecule has 1 amide bonds. The average molecular weight is 364 g/mol. The Balaban J connectivity index is 1.99. The van der Waals surface area contributed by atoms with Crippen LogP contribution in [0.4, 0.5) is 8.78 Å². The van der Waals surface area contributed by atoms with Crippen LogP contribution in [-0.4, -0.2) is 32.4 Å². The zero-order chi connectivity index (χ0) is 18.9. The van der Waals surface area contributed by atoms with E-state index in [1.165, 1.54) is 31.5 Å². The minimum absolute atomic E-state index is 0.0851. The minimum atomic E-state index is -2.95. The van der Waals surface area contributed by atoms with E-state index < -0.39 is 12.5 Å². The molecule has 2 aromatic carbocycles. The summed E-state index contributed by atoms with van der Waals surface area (Å²) in [5, 5.41) is 3.84. The lowest BCUT2D eigenvalue weighted by molar-refractivity contribution is -0.0512. The Hall–Kier alpha value is -3.16. The molecule has 0 aromatic heterocycles. The molecule has 0 saturated heterocycles. The maximum atomic E-state index is 12.3. The number of ether oxygens (including phenoxy) is 3. The highest BCUT2D eigenvalue weighted by Gasteiger charge is 2.10. The highest BCUT2D eigenvalue weighted by atomic mass is 19.3. The molecule has 0 spiro atoms. The predicted molar refractivity (Wildman–Crippen MR) is 92.3 cm³/mol. The summed E-state index contributed by atoms with van der Waals surface area (Å²) in [5.74, 6) is 0.324. The molecule has 0 bridgehead atoms. The van der Waals surface area contributed by atoms with Gasteiger partial charge in [0.2, 0.25) is 0 Å². The summed E-state index contributed by atoms with van der Waals surface area (Å²) in [5.41, 5.74) is 3.34. The Morgan fingerprint density at radius 2 is 1.92 bits per heavy atom. The smallest absolute Gasteiger partial charge is 0.387 e. The quantitative estimate of drug-likeness (QED) is 0.575. The lowest BCUT2D eigenvalue weighted by atomic mass is 10.2. The molecule has 0 aliphatic rings. The molecule has 0 atom stereocenters. The van der Waals surface area contributed by atoms with Crippen molar-refractivity contribution < 1.29 is 27.8 Å². The van der Waals surface area contributed by atoms with Crippen molar-refractivity contribution in [3.63, 3.8) is 0 Å². The standard InChI is InChI=1S/C18H18F2N2O4/c1-3-25-14-7-5-13(6-8-14)17(23)22-21-11-12-4-9-15(26-18(19)20)16(10-12)24-2/h4-11,18H,3H2,1-2H3,(H,22,23)/b21-11-. The number of nitrogens with one attached hydrogen (secondary N) is 1. The second-order valence-electron chi connectivity index (χ2n) is 4.95. The summed E-state index contributed by atoms with van der Waals surface area (Å²) in [6, 6.07) is 10.9. The van der Waals surface area contributed by atoms with Crippen LogP contribution in [0.1, 0.15) is 22.8 Å². The number of benzene rings is 2. The molecule has 0 unspecified atom stereocenters. The van der Waals surface area contributed by atoms with Crippen molar-refractivity contribution >= 4 is 12.1 Å². The zero-order valence-corrected chi connectivity index (χ0v) is 14.2. The van der Waals surface area contributed by atoms with Gasteiger partial charge in [0, 0.05) is 5.56 Å². The first kappa shape index (κ1) is 19.2. The van der Waals surface area contributed by atoms with Crippen LogP contribution in [0.5, 0.6) is 17.2 Å². The maximum absolute atomic E-state index is 12.3. The number of carbonyl (C=O) groups is 1. The number of alkyl halides is 2. The van der Waals surface area contributed by atoms with Crippen LogP contribution in [0, 0.1) is 0 Å². The molecule has 26 heavy (non-hydrogen) atoms. The average Bonchev–Trinajstić information content (AvgIpc) is 2.63.